The van der Waals surface area contributed by atoms with Gasteiger partial charge in [0, 0.05) is 50.2 Å². The number of H-pyrrole nitrogens is 1. The number of amides is 3. The lowest BCUT2D eigenvalue weighted by Crippen LogP contribution is -2.46. The molecule has 3 amide bonds. The van der Waals surface area contributed by atoms with Gasteiger partial charge in [0.1, 0.15) is 11.4 Å². The fourth-order valence-corrected chi connectivity index (χ4v) is 3.55. The third-order valence-corrected chi connectivity index (χ3v) is 5.24. The van der Waals surface area contributed by atoms with Gasteiger partial charge in [-0.05, 0) is 6.07 Å². The summed E-state index contributed by atoms with van der Waals surface area (Å²) in [5.41, 5.74) is -0.634. The molecule has 0 spiro atoms. The second-order valence-electron chi connectivity index (χ2n) is 7.80. The third-order valence-electron chi connectivity index (χ3n) is 5.24. The summed E-state index contributed by atoms with van der Waals surface area (Å²) in [7, 11) is 0. The molecule has 186 valence electrons. The largest absolute Gasteiger partial charge is 0.450 e. The average Bonchev–Trinajstić information content (AvgIpc) is 3.26. The number of hydrogen-bond acceptors (Lipinski definition) is 5. The first-order chi connectivity index (χ1) is 16.6. The maximum Gasteiger partial charge on any atom is 0.319 e. The number of carbonyl (C=O) groups excluding carboxylic acids is 2. The van der Waals surface area contributed by atoms with Crippen LogP contribution in [-0.4, -0.2) is 59.7 Å². The van der Waals surface area contributed by atoms with Crippen LogP contribution < -0.4 is 15.4 Å². The lowest BCUT2D eigenvalue weighted by atomic mass is 10.1. The number of alkyl halides is 2. The van der Waals surface area contributed by atoms with Gasteiger partial charge in [0.2, 0.25) is 5.91 Å². The van der Waals surface area contributed by atoms with Gasteiger partial charge in [-0.1, -0.05) is 0 Å². The fourth-order valence-electron chi connectivity index (χ4n) is 3.55. The van der Waals surface area contributed by atoms with Gasteiger partial charge < -0.3 is 30.0 Å². The molecule has 2 aromatic heterocycles. The lowest BCUT2D eigenvalue weighted by molar-refractivity contribution is -0.134. The molecule has 1 aliphatic heterocycles. The van der Waals surface area contributed by atoms with E-state index in [1.165, 1.54) is 17.2 Å². The lowest BCUT2D eigenvalue weighted by Gasteiger charge is -2.26. The topological polar surface area (TPSA) is 109 Å². The molecule has 0 saturated carbocycles. The second-order valence-corrected chi connectivity index (χ2v) is 7.80. The van der Waals surface area contributed by atoms with Gasteiger partial charge in [-0.25, -0.2) is 27.3 Å². The molecule has 4 rings (SSSR count). The number of ether oxygens (including phenoxy) is 2. The number of urea groups is 1. The number of pyridine rings is 1. The van der Waals surface area contributed by atoms with E-state index in [4.69, 9.17) is 9.47 Å². The van der Waals surface area contributed by atoms with Crippen molar-refractivity contribution in [2.75, 3.05) is 38.2 Å². The Kier molecular flexibility index (Phi) is 6.78. The number of fused-ring (bicyclic) bond motifs is 1. The molecule has 3 aromatic rings. The van der Waals surface area contributed by atoms with E-state index in [-0.39, 0.29) is 34.9 Å². The van der Waals surface area contributed by atoms with Gasteiger partial charge >= 0.3 is 6.03 Å². The number of aromatic nitrogens is 2. The third kappa shape index (κ3) is 5.45. The summed E-state index contributed by atoms with van der Waals surface area (Å²) in [6.07, 6.45) is 2.28. The second kappa shape index (κ2) is 9.78. The number of rotatable bonds is 6. The Balaban J connectivity index is 1.46. The molecule has 1 fully saturated rings. The van der Waals surface area contributed by atoms with Crippen LogP contribution in [0.3, 0.4) is 0 Å². The van der Waals surface area contributed by atoms with Gasteiger partial charge in [0.15, 0.2) is 17.4 Å². The molecule has 13 heteroatoms. The monoisotopic (exact) mass is 495 g/mol. The van der Waals surface area contributed by atoms with Crippen LogP contribution in [-0.2, 0) is 15.5 Å². The maximum atomic E-state index is 14.7. The Morgan fingerprint density at radius 1 is 1.23 bits per heavy atom. The van der Waals surface area contributed by atoms with Crippen molar-refractivity contribution in [3.05, 3.63) is 47.8 Å². The SMILES string of the molecule is CC(F)(F)c1c[nH]c2nccc(Oc3c(F)cc(NC(=O)NCC(=O)N4CCOCC4)cc3F)c12. The Morgan fingerprint density at radius 2 is 1.91 bits per heavy atom. The van der Waals surface area contributed by atoms with Crippen molar-refractivity contribution < 1.29 is 36.6 Å². The van der Waals surface area contributed by atoms with Crippen LogP contribution in [0, 0.1) is 11.6 Å². The normalized spacial score (nSPS) is 14.1. The maximum absolute atomic E-state index is 14.7. The molecule has 0 atom stereocenters. The van der Waals surface area contributed by atoms with E-state index in [9.17, 15) is 27.2 Å². The predicted molar refractivity (Wildman–Crippen MR) is 117 cm³/mol. The minimum absolute atomic E-state index is 0.0569. The van der Waals surface area contributed by atoms with E-state index < -0.39 is 34.9 Å². The fraction of sp³-hybridized carbons (Fsp3) is 0.318. The quantitative estimate of drug-likeness (QED) is 0.452. The smallest absolute Gasteiger partial charge is 0.319 e. The number of nitrogens with zero attached hydrogens (tertiary/aromatic N) is 2. The van der Waals surface area contributed by atoms with Crippen LogP contribution in [0.15, 0.2) is 30.6 Å². The number of morpholine rings is 1. The molecule has 1 saturated heterocycles. The summed E-state index contributed by atoms with van der Waals surface area (Å²) in [6.45, 7) is 1.99. The molecule has 0 bridgehead atoms. The zero-order valence-corrected chi connectivity index (χ0v) is 18.5. The van der Waals surface area contributed by atoms with Crippen molar-refractivity contribution in [1.82, 2.24) is 20.2 Å². The summed E-state index contributed by atoms with van der Waals surface area (Å²) in [5.74, 6) is -7.04. The van der Waals surface area contributed by atoms with Crippen LogP contribution in [0.5, 0.6) is 11.5 Å². The van der Waals surface area contributed by atoms with Crippen LogP contribution in [0.25, 0.3) is 11.0 Å². The van der Waals surface area contributed by atoms with Crippen molar-refractivity contribution in [2.45, 2.75) is 12.8 Å². The summed E-state index contributed by atoms with van der Waals surface area (Å²) in [6, 6.07) is 1.95. The minimum atomic E-state index is -3.26. The standard InChI is InChI=1S/C22H21F4N5O4/c1-22(25,26)13-10-28-20-18(13)16(2-3-27-20)35-19-14(23)8-12(9-15(19)24)30-21(33)29-11-17(32)31-4-6-34-7-5-31/h2-3,8-10H,4-7,11H2,1H3,(H,27,28)(H2,29,30,33). The van der Waals surface area contributed by atoms with Gasteiger partial charge in [0.05, 0.1) is 30.7 Å². The minimum Gasteiger partial charge on any atom is -0.450 e. The van der Waals surface area contributed by atoms with Gasteiger partial charge in [-0.15, -0.1) is 0 Å². The van der Waals surface area contributed by atoms with E-state index in [2.05, 4.69) is 20.6 Å². The van der Waals surface area contributed by atoms with Gasteiger partial charge in [-0.3, -0.25) is 4.79 Å². The van der Waals surface area contributed by atoms with Crippen LogP contribution in [0.4, 0.5) is 28.0 Å². The Morgan fingerprint density at radius 3 is 2.57 bits per heavy atom. The number of aromatic amines is 1. The van der Waals surface area contributed by atoms with Gasteiger partial charge in [-0.2, -0.15) is 0 Å². The van der Waals surface area contributed by atoms with Crippen molar-refractivity contribution in [1.29, 1.82) is 0 Å². The van der Waals surface area contributed by atoms with Gasteiger partial charge in [0.25, 0.3) is 5.92 Å². The molecular weight excluding hydrogens is 474 g/mol. The molecule has 0 aliphatic carbocycles. The molecule has 0 unspecified atom stereocenters. The number of carbonyl (C=O) groups is 2. The summed E-state index contributed by atoms with van der Waals surface area (Å²) < 4.78 is 67.8. The molecule has 3 heterocycles. The number of nitrogens with one attached hydrogen (secondary N) is 3. The van der Waals surface area contributed by atoms with E-state index in [1.807, 2.05) is 0 Å². The number of anilines is 1. The Hall–Kier alpha value is -3.87. The summed E-state index contributed by atoms with van der Waals surface area (Å²) in [4.78, 5) is 32.2. The summed E-state index contributed by atoms with van der Waals surface area (Å²) in [5, 5.41) is 4.43. The highest BCUT2D eigenvalue weighted by atomic mass is 19.3. The predicted octanol–water partition coefficient (Wildman–Crippen LogP) is 3.73. The van der Waals surface area contributed by atoms with E-state index in [1.54, 1.807) is 0 Å². The molecule has 9 nitrogen and oxygen atoms in total. The van der Waals surface area contributed by atoms with Crippen molar-refractivity contribution in [2.24, 2.45) is 0 Å². The van der Waals surface area contributed by atoms with Crippen molar-refractivity contribution in [3.8, 4) is 11.5 Å². The molecular formula is C22H21F4N5O4. The van der Waals surface area contributed by atoms with Crippen LogP contribution in [0.1, 0.15) is 12.5 Å². The molecule has 1 aliphatic rings. The Bertz CT molecular complexity index is 1230. The highest BCUT2D eigenvalue weighted by Crippen LogP contribution is 2.40. The molecule has 0 radical (unpaired) electrons. The summed E-state index contributed by atoms with van der Waals surface area (Å²) >= 11 is 0. The first kappa shape index (κ1) is 24.3. The highest BCUT2D eigenvalue weighted by molar-refractivity contribution is 5.92. The zero-order valence-electron chi connectivity index (χ0n) is 18.5. The molecule has 3 N–H and O–H groups in total. The first-order valence-electron chi connectivity index (χ1n) is 10.5. The van der Waals surface area contributed by atoms with E-state index in [0.29, 0.717) is 33.2 Å². The van der Waals surface area contributed by atoms with E-state index >= 15 is 0 Å². The number of benzene rings is 1. The van der Waals surface area contributed by atoms with Crippen LogP contribution >= 0.6 is 0 Å². The Labute approximate surface area is 196 Å². The van der Waals surface area contributed by atoms with Crippen molar-refractivity contribution in [3.63, 3.8) is 0 Å². The van der Waals surface area contributed by atoms with Crippen molar-refractivity contribution >= 4 is 28.7 Å². The van der Waals surface area contributed by atoms with Crippen LogP contribution in [0.2, 0.25) is 0 Å². The number of halogens is 4. The highest BCUT2D eigenvalue weighted by Gasteiger charge is 2.30. The van der Waals surface area contributed by atoms with E-state index in [0.717, 1.165) is 18.3 Å². The average molecular weight is 495 g/mol. The number of hydrogen-bond donors (Lipinski definition) is 3. The first-order valence-corrected chi connectivity index (χ1v) is 10.5. The molecule has 1 aromatic carbocycles. The zero-order chi connectivity index (χ0) is 25.2. The molecule has 35 heavy (non-hydrogen) atoms.